The molecule has 20 heavy (non-hydrogen) atoms. The van der Waals surface area contributed by atoms with Gasteiger partial charge >= 0.3 is 5.97 Å². The number of rotatable bonds is 2. The third-order valence-corrected chi connectivity index (χ3v) is 4.85. The average molecular weight is 272 g/mol. The minimum Gasteiger partial charge on any atom is -0.458 e. The van der Waals surface area contributed by atoms with Crippen molar-refractivity contribution in [1.82, 2.24) is 0 Å². The Labute approximate surface area is 119 Å². The Balaban J connectivity index is 2.07. The SMILES string of the molecule is CC1=C(C(O)c2ccccc2)C(C)(C)[C@H]2C[C@@H]1OC2=O. The molecule has 1 saturated heterocycles. The molecule has 3 rings (SSSR count). The molecular weight excluding hydrogens is 252 g/mol. The number of ether oxygens (including phenoxy) is 1. The van der Waals surface area contributed by atoms with Crippen LogP contribution >= 0.6 is 0 Å². The lowest BCUT2D eigenvalue weighted by molar-refractivity contribution is -0.144. The maximum Gasteiger partial charge on any atom is 0.310 e. The zero-order valence-corrected chi connectivity index (χ0v) is 12.1. The summed E-state index contributed by atoms with van der Waals surface area (Å²) in [7, 11) is 0. The van der Waals surface area contributed by atoms with Crippen molar-refractivity contribution in [2.24, 2.45) is 11.3 Å². The van der Waals surface area contributed by atoms with Crippen LogP contribution in [-0.4, -0.2) is 17.2 Å². The molecule has 106 valence electrons. The molecule has 0 spiro atoms. The molecule has 1 aliphatic heterocycles. The second kappa shape index (κ2) is 4.45. The smallest absolute Gasteiger partial charge is 0.310 e. The molecule has 1 aliphatic carbocycles. The van der Waals surface area contributed by atoms with E-state index in [2.05, 4.69) is 0 Å². The maximum absolute atomic E-state index is 12.0. The molecule has 2 bridgehead atoms. The highest BCUT2D eigenvalue weighted by Gasteiger charge is 2.53. The first-order valence-electron chi connectivity index (χ1n) is 7.07. The number of carbonyl (C=O) groups excluding carboxylic acids is 1. The van der Waals surface area contributed by atoms with Crippen molar-refractivity contribution < 1.29 is 14.6 Å². The van der Waals surface area contributed by atoms with Gasteiger partial charge in [-0.25, -0.2) is 0 Å². The van der Waals surface area contributed by atoms with Crippen molar-refractivity contribution in [3.8, 4) is 0 Å². The van der Waals surface area contributed by atoms with E-state index in [0.717, 1.165) is 23.1 Å². The van der Waals surface area contributed by atoms with E-state index in [1.807, 2.05) is 51.1 Å². The van der Waals surface area contributed by atoms with Crippen LogP contribution in [0.1, 0.15) is 38.9 Å². The fourth-order valence-electron chi connectivity index (χ4n) is 3.67. The molecule has 1 N–H and O–H groups in total. The van der Waals surface area contributed by atoms with Crippen molar-refractivity contribution in [1.29, 1.82) is 0 Å². The summed E-state index contributed by atoms with van der Waals surface area (Å²) in [5.74, 6) is -0.279. The van der Waals surface area contributed by atoms with Crippen molar-refractivity contribution >= 4 is 5.97 Å². The van der Waals surface area contributed by atoms with Crippen molar-refractivity contribution in [3.63, 3.8) is 0 Å². The van der Waals surface area contributed by atoms with E-state index in [-0.39, 0.29) is 23.4 Å². The number of aliphatic hydroxyl groups is 1. The van der Waals surface area contributed by atoms with E-state index in [1.54, 1.807) is 0 Å². The summed E-state index contributed by atoms with van der Waals surface area (Å²) < 4.78 is 5.44. The number of fused-ring (bicyclic) bond motifs is 2. The standard InChI is InChI=1S/C17H20O3/c1-10-13-9-12(16(19)20-13)17(2,3)14(10)15(18)11-7-5-4-6-8-11/h4-8,12-13,15,18H,9H2,1-3H3/t12-,13-,15?/m0/s1. The Bertz CT molecular complexity index is 571. The fourth-order valence-corrected chi connectivity index (χ4v) is 3.67. The highest BCUT2D eigenvalue weighted by atomic mass is 16.6. The molecule has 1 fully saturated rings. The van der Waals surface area contributed by atoms with Crippen LogP contribution in [0, 0.1) is 11.3 Å². The lowest BCUT2D eigenvalue weighted by Crippen LogP contribution is -2.36. The van der Waals surface area contributed by atoms with E-state index in [0.29, 0.717) is 0 Å². The third-order valence-electron chi connectivity index (χ3n) is 4.85. The summed E-state index contributed by atoms with van der Waals surface area (Å²) in [6.07, 6.45) is -0.0947. The van der Waals surface area contributed by atoms with Gasteiger partial charge in [0.1, 0.15) is 12.2 Å². The second-order valence-electron chi connectivity index (χ2n) is 6.35. The van der Waals surface area contributed by atoms with Gasteiger partial charge in [-0.1, -0.05) is 44.2 Å². The quantitative estimate of drug-likeness (QED) is 0.665. The Hall–Kier alpha value is -1.61. The lowest BCUT2D eigenvalue weighted by Gasteiger charge is -2.39. The summed E-state index contributed by atoms with van der Waals surface area (Å²) in [6.45, 7) is 6.04. The molecule has 0 aromatic heterocycles. The molecule has 0 radical (unpaired) electrons. The summed E-state index contributed by atoms with van der Waals surface area (Å²) in [5.41, 5.74) is 2.44. The van der Waals surface area contributed by atoms with Gasteiger partial charge in [-0.15, -0.1) is 0 Å². The molecule has 3 heteroatoms. The number of hydrogen-bond donors (Lipinski definition) is 1. The normalized spacial score (nSPS) is 29.3. The molecule has 1 heterocycles. The van der Waals surface area contributed by atoms with Crippen LogP contribution in [0.4, 0.5) is 0 Å². The van der Waals surface area contributed by atoms with Gasteiger partial charge < -0.3 is 9.84 Å². The van der Waals surface area contributed by atoms with Crippen LogP contribution in [0.2, 0.25) is 0 Å². The number of aliphatic hydroxyl groups excluding tert-OH is 1. The van der Waals surface area contributed by atoms with E-state index >= 15 is 0 Å². The molecule has 3 atom stereocenters. The van der Waals surface area contributed by atoms with Crippen LogP contribution in [-0.2, 0) is 9.53 Å². The highest BCUT2D eigenvalue weighted by Crippen LogP contribution is 2.53. The zero-order valence-electron chi connectivity index (χ0n) is 12.1. The van der Waals surface area contributed by atoms with Crippen LogP contribution in [0.5, 0.6) is 0 Å². The van der Waals surface area contributed by atoms with Gasteiger partial charge in [0.2, 0.25) is 0 Å². The Morgan fingerprint density at radius 2 is 1.95 bits per heavy atom. The Kier molecular flexibility index (Phi) is 2.98. The molecule has 1 unspecified atom stereocenters. The largest absolute Gasteiger partial charge is 0.458 e. The number of hydrogen-bond acceptors (Lipinski definition) is 3. The van der Waals surface area contributed by atoms with Crippen molar-refractivity contribution in [3.05, 3.63) is 47.0 Å². The Morgan fingerprint density at radius 3 is 2.60 bits per heavy atom. The summed E-state index contributed by atoms with van der Waals surface area (Å²) >= 11 is 0. The van der Waals surface area contributed by atoms with Gasteiger partial charge in [-0.2, -0.15) is 0 Å². The molecule has 2 aliphatic rings. The molecular formula is C17H20O3. The van der Waals surface area contributed by atoms with E-state index < -0.39 is 6.10 Å². The van der Waals surface area contributed by atoms with Crippen LogP contribution in [0.15, 0.2) is 41.5 Å². The maximum atomic E-state index is 12.0. The first-order chi connectivity index (χ1) is 9.43. The van der Waals surface area contributed by atoms with Crippen molar-refractivity contribution in [2.75, 3.05) is 0 Å². The lowest BCUT2D eigenvalue weighted by atomic mass is 9.64. The van der Waals surface area contributed by atoms with Crippen LogP contribution in [0.25, 0.3) is 0 Å². The van der Waals surface area contributed by atoms with Gasteiger partial charge in [0.25, 0.3) is 0 Å². The predicted octanol–water partition coefficient (Wildman–Crippen LogP) is 3.01. The first-order valence-corrected chi connectivity index (χ1v) is 7.07. The summed E-state index contributed by atoms with van der Waals surface area (Å²) in [6, 6.07) is 9.60. The fraction of sp³-hybridized carbons (Fsp3) is 0.471. The third kappa shape index (κ3) is 1.80. The number of esters is 1. The van der Waals surface area contributed by atoms with Gasteiger partial charge in [-0.3, -0.25) is 4.79 Å². The Morgan fingerprint density at radius 1 is 1.30 bits per heavy atom. The molecule has 1 aromatic rings. The molecule has 3 nitrogen and oxygen atoms in total. The van der Waals surface area contributed by atoms with Gasteiger partial charge in [0.15, 0.2) is 0 Å². The molecule has 1 aromatic carbocycles. The summed E-state index contributed by atoms with van der Waals surface area (Å²) in [4.78, 5) is 12.0. The minimum absolute atomic E-state index is 0.130. The van der Waals surface area contributed by atoms with Gasteiger partial charge in [0.05, 0.1) is 5.92 Å². The summed E-state index contributed by atoms with van der Waals surface area (Å²) in [5, 5.41) is 10.8. The first kappa shape index (κ1) is 13.4. The van der Waals surface area contributed by atoms with E-state index in [9.17, 15) is 9.90 Å². The average Bonchev–Trinajstić information content (AvgIpc) is 2.79. The molecule has 0 amide bonds. The predicted molar refractivity (Wildman–Crippen MR) is 75.9 cm³/mol. The second-order valence-corrected chi connectivity index (χ2v) is 6.35. The van der Waals surface area contributed by atoms with Crippen molar-refractivity contribution in [2.45, 2.75) is 39.4 Å². The van der Waals surface area contributed by atoms with Crippen LogP contribution < -0.4 is 0 Å². The zero-order chi connectivity index (χ0) is 14.5. The minimum atomic E-state index is -0.675. The van der Waals surface area contributed by atoms with Crippen LogP contribution in [0.3, 0.4) is 0 Å². The monoisotopic (exact) mass is 272 g/mol. The topological polar surface area (TPSA) is 46.5 Å². The molecule has 0 saturated carbocycles. The number of benzene rings is 1. The van der Waals surface area contributed by atoms with E-state index in [1.165, 1.54) is 0 Å². The van der Waals surface area contributed by atoms with E-state index in [4.69, 9.17) is 4.74 Å². The number of carbonyl (C=O) groups is 1. The van der Waals surface area contributed by atoms with Gasteiger partial charge in [0, 0.05) is 11.8 Å². The van der Waals surface area contributed by atoms with Gasteiger partial charge in [-0.05, 0) is 23.6 Å². The highest BCUT2D eigenvalue weighted by molar-refractivity contribution is 5.78.